The number of carbonyl (C=O) groups excluding carboxylic acids is 2. The second-order valence-electron chi connectivity index (χ2n) is 14.7. The Bertz CT molecular complexity index is 1370. The molecule has 2 aromatic carbocycles. The molecule has 2 rings (SSSR count). The monoisotopic (exact) mass is 912 g/mol. The molecule has 2 aromatic rings. The molecule has 0 aromatic heterocycles. The predicted molar refractivity (Wildman–Crippen MR) is 235 cm³/mol. The molecule has 0 unspecified atom stereocenters. The fourth-order valence-electron chi connectivity index (χ4n) is 5.93. The molecule has 0 saturated heterocycles. The second-order valence-corrected chi connectivity index (χ2v) is 19.0. The van der Waals surface area contributed by atoms with Crippen LogP contribution >= 0.6 is 0 Å². The maximum absolute atomic E-state index is 11.4. The van der Waals surface area contributed by atoms with Gasteiger partial charge in [0.25, 0.3) is 8.32 Å². The van der Waals surface area contributed by atoms with Crippen molar-refractivity contribution >= 4 is 36.4 Å². The summed E-state index contributed by atoms with van der Waals surface area (Å²) in [5.41, 5.74) is 0. The lowest BCUT2D eigenvalue weighted by molar-refractivity contribution is -0.151. The summed E-state index contributed by atoms with van der Waals surface area (Å²) >= 11 is 0. The summed E-state index contributed by atoms with van der Waals surface area (Å²) in [5.74, 6) is -3.24. The molecule has 0 bridgehead atoms. The van der Waals surface area contributed by atoms with Gasteiger partial charge in [-0.1, -0.05) is 81.4 Å². The molecule has 0 spiro atoms. The van der Waals surface area contributed by atoms with E-state index < -0.39 is 26.0 Å². The first kappa shape index (κ1) is 55.9. The molecule has 0 fully saturated rings. The van der Waals surface area contributed by atoms with Gasteiger partial charge < -0.3 is 66.4 Å². The molecule has 0 aliphatic rings. The van der Waals surface area contributed by atoms with Crippen LogP contribution in [0.4, 0.5) is 0 Å². The summed E-state index contributed by atoms with van der Waals surface area (Å²) in [6.45, 7) is 17.0. The maximum atomic E-state index is 11.4. The van der Waals surface area contributed by atoms with Crippen LogP contribution in [0.3, 0.4) is 0 Å². The Morgan fingerprint density at radius 2 is 0.683 bits per heavy atom. The molecule has 0 heterocycles. The maximum Gasteiger partial charge on any atom is 0.372 e. The Morgan fingerprint density at radius 1 is 0.413 bits per heavy atom. The molecule has 1 N–H and O–H groups in total. The van der Waals surface area contributed by atoms with Crippen molar-refractivity contribution in [3.63, 3.8) is 0 Å². The summed E-state index contributed by atoms with van der Waals surface area (Å²) in [7, 11) is -2.56. The van der Waals surface area contributed by atoms with Crippen LogP contribution in [0.25, 0.3) is 0 Å². The minimum atomic E-state index is -2.56. The lowest BCUT2D eigenvalue weighted by Gasteiger charge is -2.43. The number of hydrogen-bond donors (Lipinski definition) is 1. The van der Waals surface area contributed by atoms with Gasteiger partial charge in [-0.25, -0.2) is 4.79 Å². The normalized spacial score (nSPS) is 11.9. The third kappa shape index (κ3) is 27.0. The van der Waals surface area contributed by atoms with E-state index in [1.165, 1.54) is 10.4 Å². The Morgan fingerprint density at radius 3 is 0.952 bits per heavy atom. The fraction of sp³-hybridized carbons (Fsp3) is 0.667. The third-order valence-electron chi connectivity index (χ3n) is 8.97. The van der Waals surface area contributed by atoms with Crippen LogP contribution in [0.2, 0.25) is 5.04 Å². The molecule has 0 amide bonds. The lowest BCUT2D eigenvalue weighted by atomic mass is 10.2. The first-order chi connectivity index (χ1) is 30.7. The summed E-state index contributed by atoms with van der Waals surface area (Å²) < 4.78 is 72.4. The molecule has 0 saturated carbocycles. The van der Waals surface area contributed by atoms with Gasteiger partial charge in [-0.2, -0.15) is 0 Å². The first-order valence-corrected chi connectivity index (χ1v) is 23.6. The molecular formula is C45H72O17Si. The van der Waals surface area contributed by atoms with Gasteiger partial charge in [0.1, 0.15) is 6.61 Å². The zero-order valence-electron chi connectivity index (χ0n) is 37.6. The Kier molecular flexibility index (Phi) is 32.9. The van der Waals surface area contributed by atoms with Gasteiger partial charge in [0, 0.05) is 6.42 Å². The largest absolute Gasteiger partial charge is 0.476 e. The van der Waals surface area contributed by atoms with Crippen molar-refractivity contribution in [3.05, 3.63) is 60.7 Å². The van der Waals surface area contributed by atoms with Gasteiger partial charge in [-0.3, -0.25) is 9.59 Å². The minimum Gasteiger partial charge on any atom is -0.476 e. The number of Topliss-reactive ketones (excluding diaryl/α,β-unsaturated/α-hetero) is 1. The van der Waals surface area contributed by atoms with Gasteiger partial charge in [0.2, 0.25) is 5.78 Å². The van der Waals surface area contributed by atoms with Crippen LogP contribution in [0.15, 0.2) is 60.7 Å². The van der Waals surface area contributed by atoms with E-state index in [2.05, 4.69) is 69.3 Å². The lowest BCUT2D eigenvalue weighted by Crippen LogP contribution is -2.66. The summed E-state index contributed by atoms with van der Waals surface area (Å²) in [6.07, 6.45) is -0.667. The van der Waals surface area contributed by atoms with Crippen molar-refractivity contribution in [2.45, 2.75) is 38.7 Å². The van der Waals surface area contributed by atoms with E-state index in [4.69, 9.17) is 66.4 Å². The zero-order chi connectivity index (χ0) is 45.5. The van der Waals surface area contributed by atoms with Gasteiger partial charge in [-0.05, 0) is 15.4 Å². The number of carboxylic acid groups (broad SMARTS) is 1. The smallest absolute Gasteiger partial charge is 0.372 e. The van der Waals surface area contributed by atoms with E-state index in [0.717, 1.165) is 0 Å². The number of ketones is 1. The molecule has 0 radical (unpaired) electrons. The standard InChI is InChI=1S/C45H72O17Si/c1-45(2,3)63(40-10-6-4-7-11-40,41-12-8-5-9-13-41)62-39-37-60-35-33-58-31-29-56-27-25-54-23-21-52-19-17-50-16-18-51-20-22-53-24-26-55-28-30-57-32-34-59-36-38-61-43(47)15-14-42(46)44(48)49/h4-13H,14-39H2,1-3H3,(H,48,49). The Balaban J connectivity index is 1.25. The van der Waals surface area contributed by atoms with E-state index in [1.807, 2.05) is 12.1 Å². The van der Waals surface area contributed by atoms with Crippen molar-refractivity contribution in [2.24, 2.45) is 0 Å². The predicted octanol–water partition coefficient (Wildman–Crippen LogP) is 2.72. The second kappa shape index (κ2) is 37.1. The molecule has 18 heteroatoms. The van der Waals surface area contributed by atoms with E-state index in [-0.39, 0.29) is 31.1 Å². The van der Waals surface area contributed by atoms with E-state index >= 15 is 0 Å². The number of esters is 1. The van der Waals surface area contributed by atoms with Crippen LogP contribution in [-0.4, -0.2) is 190 Å². The Labute approximate surface area is 374 Å². The number of hydrogen-bond acceptors (Lipinski definition) is 16. The average Bonchev–Trinajstić information content (AvgIpc) is 3.28. The van der Waals surface area contributed by atoms with E-state index in [0.29, 0.717) is 145 Å². The highest BCUT2D eigenvalue weighted by Crippen LogP contribution is 2.36. The molecular weight excluding hydrogens is 841 g/mol. The fourth-order valence-corrected chi connectivity index (χ4v) is 10.5. The highest BCUT2D eigenvalue weighted by atomic mass is 28.4. The van der Waals surface area contributed by atoms with Crippen LogP contribution in [0.5, 0.6) is 0 Å². The SMILES string of the molecule is CC(C)(C)[Si](OCCOCCOCCOCCOCCOCCOCCOCCOCCOCCOCCOCCOC(=O)CCC(=O)C(=O)O)(c1ccccc1)c1ccccc1. The number of rotatable bonds is 43. The third-order valence-corrected chi connectivity index (χ3v) is 14.0. The van der Waals surface area contributed by atoms with Gasteiger partial charge in [0.15, 0.2) is 0 Å². The van der Waals surface area contributed by atoms with Crippen LogP contribution in [-0.2, 0) is 75.7 Å². The summed E-state index contributed by atoms with van der Waals surface area (Å²) in [6, 6.07) is 21.2. The molecule has 358 valence electrons. The Hall–Kier alpha value is -3.21. The van der Waals surface area contributed by atoms with E-state index in [1.54, 1.807) is 0 Å². The number of benzene rings is 2. The topological polar surface area (TPSA) is 191 Å². The van der Waals surface area contributed by atoms with Gasteiger partial charge in [-0.15, -0.1) is 0 Å². The van der Waals surface area contributed by atoms with Crippen molar-refractivity contribution < 1.29 is 80.8 Å². The molecule has 0 aliphatic carbocycles. The van der Waals surface area contributed by atoms with Crippen LogP contribution in [0.1, 0.15) is 33.6 Å². The molecule has 17 nitrogen and oxygen atoms in total. The number of carbonyl (C=O) groups is 3. The van der Waals surface area contributed by atoms with Gasteiger partial charge in [0.05, 0.1) is 158 Å². The zero-order valence-corrected chi connectivity index (χ0v) is 38.6. The number of aliphatic carboxylic acids is 1. The van der Waals surface area contributed by atoms with Crippen LogP contribution < -0.4 is 10.4 Å². The van der Waals surface area contributed by atoms with Crippen LogP contribution in [0, 0.1) is 0 Å². The quantitative estimate of drug-likeness (QED) is 0.0442. The number of carboxylic acids is 1. The molecule has 0 atom stereocenters. The highest BCUT2D eigenvalue weighted by molar-refractivity contribution is 6.99. The summed E-state index contributed by atoms with van der Waals surface area (Å²) in [4.78, 5) is 32.7. The van der Waals surface area contributed by atoms with E-state index in [9.17, 15) is 14.4 Å². The van der Waals surface area contributed by atoms with Gasteiger partial charge >= 0.3 is 11.9 Å². The number of ether oxygens (including phenoxy) is 12. The highest BCUT2D eigenvalue weighted by Gasteiger charge is 2.50. The van der Waals surface area contributed by atoms with Crippen molar-refractivity contribution in [1.29, 1.82) is 0 Å². The van der Waals surface area contributed by atoms with Crippen molar-refractivity contribution in [2.75, 3.05) is 159 Å². The first-order valence-electron chi connectivity index (χ1n) is 21.7. The molecule has 0 aliphatic heterocycles. The van der Waals surface area contributed by atoms with Crippen molar-refractivity contribution in [3.8, 4) is 0 Å². The minimum absolute atomic E-state index is 0.00982. The average molecular weight is 913 g/mol. The summed E-state index contributed by atoms with van der Waals surface area (Å²) in [5, 5.41) is 10.9. The van der Waals surface area contributed by atoms with Crippen molar-refractivity contribution in [1.82, 2.24) is 0 Å². The molecule has 63 heavy (non-hydrogen) atoms.